The van der Waals surface area contributed by atoms with Crippen LogP contribution >= 0.6 is 0 Å². The number of carbonyl (C=O) groups excluding carboxylic acids is 1. The Morgan fingerprint density at radius 1 is 0.960 bits per heavy atom. The minimum absolute atomic E-state index is 0.177. The van der Waals surface area contributed by atoms with Crippen molar-refractivity contribution in [2.75, 3.05) is 11.1 Å². The van der Waals surface area contributed by atoms with E-state index in [1.54, 1.807) is 24.3 Å². The van der Waals surface area contributed by atoms with Gasteiger partial charge in [-0.05, 0) is 54.4 Å². The number of nitrogen functional groups attached to an aromatic ring is 1. The second-order valence-electron chi connectivity index (χ2n) is 5.77. The van der Waals surface area contributed by atoms with Crippen molar-refractivity contribution in [3.63, 3.8) is 0 Å². The topological polar surface area (TPSA) is 64.3 Å². The molecular formula is C21H20N2O2. The van der Waals surface area contributed by atoms with Crippen LogP contribution in [0.25, 0.3) is 0 Å². The fourth-order valence-electron chi connectivity index (χ4n) is 2.43. The molecule has 0 bridgehead atoms. The van der Waals surface area contributed by atoms with Crippen molar-refractivity contribution in [1.82, 2.24) is 0 Å². The van der Waals surface area contributed by atoms with Gasteiger partial charge in [-0.2, -0.15) is 0 Å². The quantitative estimate of drug-likeness (QED) is 0.680. The Kier molecular flexibility index (Phi) is 5.00. The first-order valence-electron chi connectivity index (χ1n) is 8.07. The standard InChI is InChI=1S/C21H20N2O2/c1-15-19(22)8-5-9-20(15)23-21(24)17-10-12-18(13-11-17)25-14-16-6-3-2-4-7-16/h2-13H,14,22H2,1H3,(H,23,24). The molecule has 0 aliphatic carbocycles. The Labute approximate surface area is 147 Å². The van der Waals surface area contributed by atoms with Gasteiger partial charge in [0.25, 0.3) is 5.91 Å². The maximum Gasteiger partial charge on any atom is 0.255 e. The van der Waals surface area contributed by atoms with Crippen LogP contribution in [0.4, 0.5) is 11.4 Å². The van der Waals surface area contributed by atoms with Gasteiger partial charge in [0, 0.05) is 16.9 Å². The maximum atomic E-state index is 12.4. The lowest BCUT2D eigenvalue weighted by Crippen LogP contribution is -2.13. The highest BCUT2D eigenvalue weighted by Crippen LogP contribution is 2.21. The van der Waals surface area contributed by atoms with E-state index in [9.17, 15) is 4.79 Å². The van der Waals surface area contributed by atoms with Crippen LogP contribution in [0.2, 0.25) is 0 Å². The first-order chi connectivity index (χ1) is 12.1. The molecule has 0 fully saturated rings. The molecule has 0 unspecified atom stereocenters. The van der Waals surface area contributed by atoms with Crippen LogP contribution in [0.15, 0.2) is 72.8 Å². The normalized spacial score (nSPS) is 10.3. The molecule has 0 atom stereocenters. The van der Waals surface area contributed by atoms with E-state index >= 15 is 0 Å². The molecular weight excluding hydrogens is 312 g/mol. The third-order valence-corrected chi connectivity index (χ3v) is 3.99. The van der Waals surface area contributed by atoms with Gasteiger partial charge in [0.15, 0.2) is 0 Å². The summed E-state index contributed by atoms with van der Waals surface area (Å²) in [4.78, 5) is 12.4. The van der Waals surface area contributed by atoms with Crippen LogP contribution < -0.4 is 15.8 Å². The number of amides is 1. The number of ether oxygens (including phenoxy) is 1. The molecule has 0 spiro atoms. The molecule has 4 nitrogen and oxygen atoms in total. The molecule has 3 N–H and O–H groups in total. The summed E-state index contributed by atoms with van der Waals surface area (Å²) in [5.74, 6) is 0.545. The van der Waals surface area contributed by atoms with Crippen molar-refractivity contribution in [3.05, 3.63) is 89.5 Å². The fraction of sp³-hybridized carbons (Fsp3) is 0.0952. The van der Waals surface area contributed by atoms with Crippen molar-refractivity contribution >= 4 is 17.3 Å². The van der Waals surface area contributed by atoms with E-state index in [1.807, 2.05) is 55.5 Å². The number of rotatable bonds is 5. The van der Waals surface area contributed by atoms with Crippen molar-refractivity contribution in [1.29, 1.82) is 0 Å². The van der Waals surface area contributed by atoms with Crippen LogP contribution in [0.1, 0.15) is 21.5 Å². The first-order valence-corrected chi connectivity index (χ1v) is 8.07. The summed E-state index contributed by atoms with van der Waals surface area (Å²) >= 11 is 0. The molecule has 25 heavy (non-hydrogen) atoms. The van der Waals surface area contributed by atoms with Gasteiger partial charge in [0.05, 0.1) is 0 Å². The zero-order chi connectivity index (χ0) is 17.6. The average Bonchev–Trinajstić information content (AvgIpc) is 2.65. The first kappa shape index (κ1) is 16.6. The lowest BCUT2D eigenvalue weighted by atomic mass is 10.1. The molecule has 126 valence electrons. The summed E-state index contributed by atoms with van der Waals surface area (Å²) in [5.41, 5.74) is 9.76. The third kappa shape index (κ3) is 4.18. The summed E-state index contributed by atoms with van der Waals surface area (Å²) in [5, 5.41) is 2.88. The molecule has 0 aliphatic heterocycles. The Morgan fingerprint density at radius 3 is 2.40 bits per heavy atom. The van der Waals surface area contributed by atoms with Crippen molar-refractivity contribution < 1.29 is 9.53 Å². The van der Waals surface area contributed by atoms with Crippen LogP contribution in [0.3, 0.4) is 0 Å². The van der Waals surface area contributed by atoms with Crippen LogP contribution in [0, 0.1) is 6.92 Å². The summed E-state index contributed by atoms with van der Waals surface area (Å²) < 4.78 is 5.73. The Morgan fingerprint density at radius 2 is 1.68 bits per heavy atom. The molecule has 0 heterocycles. The lowest BCUT2D eigenvalue weighted by molar-refractivity contribution is 0.102. The number of nitrogens with two attached hydrogens (primary N) is 1. The van der Waals surface area contributed by atoms with Crippen molar-refractivity contribution in [3.8, 4) is 5.75 Å². The molecule has 3 aromatic rings. The van der Waals surface area contributed by atoms with Crippen LogP contribution in [-0.2, 0) is 6.61 Å². The highest BCUT2D eigenvalue weighted by molar-refractivity contribution is 6.05. The van der Waals surface area contributed by atoms with Crippen molar-refractivity contribution in [2.45, 2.75) is 13.5 Å². The summed E-state index contributed by atoms with van der Waals surface area (Å²) in [6.07, 6.45) is 0. The summed E-state index contributed by atoms with van der Waals surface area (Å²) in [6, 6.07) is 22.5. The maximum absolute atomic E-state index is 12.4. The number of anilines is 2. The van der Waals surface area contributed by atoms with E-state index in [2.05, 4.69) is 5.32 Å². The second-order valence-corrected chi connectivity index (χ2v) is 5.77. The number of carbonyl (C=O) groups is 1. The van der Waals surface area contributed by atoms with E-state index < -0.39 is 0 Å². The van der Waals surface area contributed by atoms with Gasteiger partial charge in [0.1, 0.15) is 12.4 Å². The fourth-order valence-corrected chi connectivity index (χ4v) is 2.43. The third-order valence-electron chi connectivity index (χ3n) is 3.99. The van der Waals surface area contributed by atoms with Crippen molar-refractivity contribution in [2.24, 2.45) is 0 Å². The smallest absolute Gasteiger partial charge is 0.255 e. The predicted octanol–water partition coefficient (Wildman–Crippen LogP) is 4.41. The number of hydrogen-bond acceptors (Lipinski definition) is 3. The van der Waals surface area contributed by atoms with Crippen LogP contribution in [-0.4, -0.2) is 5.91 Å². The Balaban J connectivity index is 1.63. The largest absolute Gasteiger partial charge is 0.489 e. The van der Waals surface area contributed by atoms with E-state index in [1.165, 1.54) is 0 Å². The predicted molar refractivity (Wildman–Crippen MR) is 101 cm³/mol. The average molecular weight is 332 g/mol. The van der Waals surface area contributed by atoms with Gasteiger partial charge in [-0.1, -0.05) is 36.4 Å². The van der Waals surface area contributed by atoms with Gasteiger partial charge in [0.2, 0.25) is 0 Å². The highest BCUT2D eigenvalue weighted by Gasteiger charge is 2.09. The van der Waals surface area contributed by atoms with Gasteiger partial charge in [-0.25, -0.2) is 0 Å². The Bertz CT molecular complexity index is 859. The van der Waals surface area contributed by atoms with Gasteiger partial charge >= 0.3 is 0 Å². The molecule has 0 saturated heterocycles. The molecule has 0 saturated carbocycles. The minimum atomic E-state index is -0.177. The lowest BCUT2D eigenvalue weighted by Gasteiger charge is -2.11. The molecule has 3 aromatic carbocycles. The van der Waals surface area contributed by atoms with E-state index in [0.29, 0.717) is 17.9 Å². The highest BCUT2D eigenvalue weighted by atomic mass is 16.5. The number of hydrogen-bond donors (Lipinski definition) is 2. The molecule has 4 heteroatoms. The molecule has 0 aromatic heterocycles. The molecule has 0 radical (unpaired) electrons. The SMILES string of the molecule is Cc1c(N)cccc1NC(=O)c1ccc(OCc2ccccc2)cc1. The van der Waals surface area contributed by atoms with Gasteiger partial charge in [-0.3, -0.25) is 4.79 Å². The van der Waals surface area contributed by atoms with E-state index in [4.69, 9.17) is 10.5 Å². The molecule has 3 rings (SSSR count). The molecule has 0 aliphatic rings. The summed E-state index contributed by atoms with van der Waals surface area (Å²) in [7, 11) is 0. The monoisotopic (exact) mass is 332 g/mol. The zero-order valence-corrected chi connectivity index (χ0v) is 14.0. The van der Waals surface area contributed by atoms with Gasteiger partial charge in [-0.15, -0.1) is 0 Å². The van der Waals surface area contributed by atoms with E-state index in [-0.39, 0.29) is 5.91 Å². The number of benzene rings is 3. The van der Waals surface area contributed by atoms with Gasteiger partial charge < -0.3 is 15.8 Å². The van der Waals surface area contributed by atoms with Crippen LogP contribution in [0.5, 0.6) is 5.75 Å². The number of nitrogens with one attached hydrogen (secondary N) is 1. The molecule has 1 amide bonds. The van der Waals surface area contributed by atoms with E-state index in [0.717, 1.165) is 22.6 Å². The zero-order valence-electron chi connectivity index (χ0n) is 14.0. The Hall–Kier alpha value is -3.27. The summed E-state index contributed by atoms with van der Waals surface area (Å²) in [6.45, 7) is 2.38. The minimum Gasteiger partial charge on any atom is -0.489 e. The second kappa shape index (κ2) is 7.53.